The van der Waals surface area contributed by atoms with Crippen molar-refractivity contribution in [1.82, 2.24) is 10.6 Å². The smallest absolute Gasteiger partial charge is 0.166 e. The minimum absolute atomic E-state index is 0.421. The Morgan fingerprint density at radius 1 is 1.43 bits per heavy atom. The predicted octanol–water partition coefficient (Wildman–Crippen LogP) is 2.44. The topological polar surface area (TPSA) is 24.1 Å². The number of hydrogen-bond acceptors (Lipinski definition) is 1. The van der Waals surface area contributed by atoms with Gasteiger partial charge in [-0.05, 0) is 50.7 Å². The summed E-state index contributed by atoms with van der Waals surface area (Å²) in [5.41, 5.74) is 0.491. The molecule has 0 spiro atoms. The van der Waals surface area contributed by atoms with Gasteiger partial charge in [-0.3, -0.25) is 0 Å². The van der Waals surface area contributed by atoms with Gasteiger partial charge in [0, 0.05) is 12.1 Å². The molecule has 0 bridgehead atoms. The molecule has 82 valence electrons. The van der Waals surface area contributed by atoms with Crippen molar-refractivity contribution >= 4 is 17.3 Å². The van der Waals surface area contributed by atoms with Gasteiger partial charge in [-0.1, -0.05) is 13.8 Å². The van der Waals surface area contributed by atoms with Crippen molar-refractivity contribution in [2.75, 3.05) is 0 Å². The molecule has 0 aromatic rings. The summed E-state index contributed by atoms with van der Waals surface area (Å²) < 4.78 is 0. The van der Waals surface area contributed by atoms with Gasteiger partial charge in [-0.15, -0.1) is 0 Å². The maximum absolute atomic E-state index is 5.22. The average Bonchev–Trinajstić information content (AvgIpc) is 2.27. The van der Waals surface area contributed by atoms with E-state index in [0.717, 1.165) is 5.11 Å². The molecule has 3 heteroatoms. The Kier molecular flexibility index (Phi) is 3.76. The molecule has 0 saturated heterocycles. The maximum Gasteiger partial charge on any atom is 0.166 e. The Balaban J connectivity index is 2.29. The predicted molar refractivity (Wildman–Crippen MR) is 65.4 cm³/mol. The molecule has 0 heterocycles. The van der Waals surface area contributed by atoms with E-state index in [4.69, 9.17) is 12.2 Å². The van der Waals surface area contributed by atoms with Crippen molar-refractivity contribution in [2.45, 2.75) is 59.0 Å². The summed E-state index contributed by atoms with van der Waals surface area (Å²) in [6.45, 7) is 8.86. The molecular weight excluding hydrogens is 192 g/mol. The molecule has 14 heavy (non-hydrogen) atoms. The molecule has 1 unspecified atom stereocenters. The van der Waals surface area contributed by atoms with Crippen LogP contribution in [0.1, 0.15) is 47.0 Å². The molecule has 1 aliphatic carbocycles. The van der Waals surface area contributed by atoms with Gasteiger partial charge in [0.15, 0.2) is 5.11 Å². The molecular formula is C11H22N2S. The highest BCUT2D eigenvalue weighted by atomic mass is 32.1. The first-order valence-electron chi connectivity index (χ1n) is 5.46. The van der Waals surface area contributed by atoms with Gasteiger partial charge in [0.05, 0.1) is 0 Å². The Morgan fingerprint density at radius 2 is 2.07 bits per heavy atom. The van der Waals surface area contributed by atoms with Crippen molar-refractivity contribution in [3.63, 3.8) is 0 Å². The van der Waals surface area contributed by atoms with Crippen molar-refractivity contribution in [1.29, 1.82) is 0 Å². The monoisotopic (exact) mass is 214 g/mol. The van der Waals surface area contributed by atoms with E-state index in [-0.39, 0.29) is 0 Å². The zero-order valence-electron chi connectivity index (χ0n) is 9.68. The third-order valence-corrected chi connectivity index (χ3v) is 2.96. The molecule has 1 rings (SSSR count). The summed E-state index contributed by atoms with van der Waals surface area (Å²) in [4.78, 5) is 0. The van der Waals surface area contributed by atoms with Crippen molar-refractivity contribution in [3.8, 4) is 0 Å². The first-order chi connectivity index (χ1) is 6.39. The first kappa shape index (κ1) is 11.8. The Morgan fingerprint density at radius 3 is 2.50 bits per heavy atom. The van der Waals surface area contributed by atoms with Crippen LogP contribution in [-0.2, 0) is 0 Å². The van der Waals surface area contributed by atoms with Gasteiger partial charge < -0.3 is 10.6 Å². The second-order valence-electron chi connectivity index (χ2n) is 5.38. The SMILES string of the molecule is CC(C)NC(=S)NC1CCC(C)(C)C1. The number of hydrogen-bond donors (Lipinski definition) is 2. The van der Waals surface area contributed by atoms with Gasteiger partial charge >= 0.3 is 0 Å². The van der Waals surface area contributed by atoms with Crippen LogP contribution >= 0.6 is 12.2 Å². The Hall–Kier alpha value is -0.310. The third kappa shape index (κ3) is 3.82. The fourth-order valence-corrected chi connectivity index (χ4v) is 2.45. The highest BCUT2D eigenvalue weighted by Gasteiger charge is 2.30. The van der Waals surface area contributed by atoms with Crippen LogP contribution < -0.4 is 10.6 Å². The van der Waals surface area contributed by atoms with Gasteiger partial charge in [0.25, 0.3) is 0 Å². The van der Waals surface area contributed by atoms with Crippen LogP contribution in [0.3, 0.4) is 0 Å². The molecule has 1 saturated carbocycles. The fraction of sp³-hybridized carbons (Fsp3) is 0.909. The minimum atomic E-state index is 0.421. The molecule has 0 aromatic carbocycles. The highest BCUT2D eigenvalue weighted by molar-refractivity contribution is 7.80. The minimum Gasteiger partial charge on any atom is -0.361 e. The number of thiocarbonyl (C=S) groups is 1. The average molecular weight is 214 g/mol. The van der Waals surface area contributed by atoms with E-state index >= 15 is 0 Å². The standard InChI is InChI=1S/C11H22N2S/c1-8(2)12-10(14)13-9-5-6-11(3,4)7-9/h8-9H,5-7H2,1-4H3,(H2,12,13,14). The molecule has 0 radical (unpaired) electrons. The summed E-state index contributed by atoms with van der Waals surface area (Å²) >= 11 is 5.22. The van der Waals surface area contributed by atoms with Crippen LogP contribution in [0.25, 0.3) is 0 Å². The van der Waals surface area contributed by atoms with Gasteiger partial charge in [-0.2, -0.15) is 0 Å². The van der Waals surface area contributed by atoms with E-state index in [1.54, 1.807) is 0 Å². The van der Waals surface area contributed by atoms with Crippen molar-refractivity contribution in [2.24, 2.45) is 5.41 Å². The van der Waals surface area contributed by atoms with Crippen molar-refractivity contribution in [3.05, 3.63) is 0 Å². The highest BCUT2D eigenvalue weighted by Crippen LogP contribution is 2.36. The molecule has 0 aromatic heterocycles. The Bertz CT molecular complexity index is 211. The van der Waals surface area contributed by atoms with E-state index in [0.29, 0.717) is 17.5 Å². The zero-order chi connectivity index (χ0) is 10.8. The van der Waals surface area contributed by atoms with Crippen LogP contribution in [-0.4, -0.2) is 17.2 Å². The zero-order valence-corrected chi connectivity index (χ0v) is 10.5. The lowest BCUT2D eigenvalue weighted by molar-refractivity contribution is 0.372. The van der Waals surface area contributed by atoms with Crippen LogP contribution in [0.4, 0.5) is 0 Å². The molecule has 1 fully saturated rings. The molecule has 2 N–H and O–H groups in total. The lowest BCUT2D eigenvalue weighted by Gasteiger charge is -2.20. The maximum atomic E-state index is 5.22. The fourth-order valence-electron chi connectivity index (χ4n) is 2.05. The number of rotatable bonds is 2. The van der Waals surface area contributed by atoms with Crippen LogP contribution in [0.15, 0.2) is 0 Å². The second-order valence-corrected chi connectivity index (χ2v) is 5.78. The lowest BCUT2D eigenvalue weighted by atomic mass is 9.92. The van der Waals surface area contributed by atoms with E-state index in [1.807, 2.05) is 0 Å². The van der Waals surface area contributed by atoms with Crippen LogP contribution in [0, 0.1) is 5.41 Å². The summed E-state index contributed by atoms with van der Waals surface area (Å²) in [5.74, 6) is 0. The van der Waals surface area contributed by atoms with E-state index in [9.17, 15) is 0 Å². The van der Waals surface area contributed by atoms with Crippen LogP contribution in [0.5, 0.6) is 0 Å². The van der Waals surface area contributed by atoms with Crippen LogP contribution in [0.2, 0.25) is 0 Å². The lowest BCUT2D eigenvalue weighted by Crippen LogP contribution is -2.43. The molecule has 0 aliphatic heterocycles. The second kappa shape index (κ2) is 4.47. The van der Waals surface area contributed by atoms with E-state index in [1.165, 1.54) is 19.3 Å². The van der Waals surface area contributed by atoms with Gasteiger partial charge in [0.1, 0.15) is 0 Å². The Labute approximate surface area is 92.8 Å². The summed E-state index contributed by atoms with van der Waals surface area (Å²) in [6, 6.07) is 0.994. The third-order valence-electron chi connectivity index (χ3n) is 2.72. The van der Waals surface area contributed by atoms with Crippen molar-refractivity contribution < 1.29 is 0 Å². The molecule has 1 atom stereocenters. The van der Waals surface area contributed by atoms with E-state index in [2.05, 4.69) is 38.3 Å². The summed E-state index contributed by atoms with van der Waals surface area (Å²) in [7, 11) is 0. The van der Waals surface area contributed by atoms with E-state index < -0.39 is 0 Å². The summed E-state index contributed by atoms with van der Waals surface area (Å²) in [6.07, 6.45) is 3.77. The van der Waals surface area contributed by atoms with Gasteiger partial charge in [0.2, 0.25) is 0 Å². The normalized spacial score (nSPS) is 25.1. The first-order valence-corrected chi connectivity index (χ1v) is 5.87. The number of nitrogens with one attached hydrogen (secondary N) is 2. The molecule has 1 aliphatic rings. The van der Waals surface area contributed by atoms with Gasteiger partial charge in [-0.25, -0.2) is 0 Å². The largest absolute Gasteiger partial charge is 0.361 e. The quantitative estimate of drug-likeness (QED) is 0.690. The molecule has 0 amide bonds. The summed E-state index contributed by atoms with van der Waals surface area (Å²) in [5, 5.41) is 7.41. The molecule has 2 nitrogen and oxygen atoms in total.